The Morgan fingerprint density at radius 2 is 2.10 bits per heavy atom. The number of hydrogen-bond acceptors (Lipinski definition) is 6. The highest BCUT2D eigenvalue weighted by molar-refractivity contribution is 7.90. The molecular formula is C12H14N4O4S. The number of para-hydroxylation sites is 1. The minimum Gasteiger partial charge on any atom is -0.480 e. The number of carboxylic acids is 1. The Balaban J connectivity index is 2.10. The van der Waals surface area contributed by atoms with E-state index in [4.69, 9.17) is 5.11 Å². The largest absolute Gasteiger partial charge is 0.480 e. The molecule has 21 heavy (non-hydrogen) atoms. The van der Waals surface area contributed by atoms with Crippen molar-refractivity contribution >= 4 is 21.5 Å². The molecule has 0 saturated heterocycles. The molecule has 0 aliphatic carbocycles. The molecule has 2 aromatic rings. The molecule has 1 aromatic heterocycles. The van der Waals surface area contributed by atoms with Crippen LogP contribution in [0, 0.1) is 0 Å². The quantitative estimate of drug-likeness (QED) is 0.792. The monoisotopic (exact) mass is 310 g/mol. The van der Waals surface area contributed by atoms with Crippen LogP contribution in [0.1, 0.15) is 5.69 Å². The lowest BCUT2D eigenvalue weighted by atomic mass is 10.3. The molecule has 0 atom stereocenters. The number of rotatable bonds is 6. The predicted octanol–water partition coefficient (Wildman–Crippen LogP) is 0.378. The molecule has 0 aliphatic heterocycles. The molecule has 8 nitrogen and oxygen atoms in total. The van der Waals surface area contributed by atoms with E-state index >= 15 is 0 Å². The Kier molecular flexibility index (Phi) is 4.22. The summed E-state index contributed by atoms with van der Waals surface area (Å²) in [5.41, 5.74) is 0.979. The molecule has 0 unspecified atom stereocenters. The van der Waals surface area contributed by atoms with Crippen molar-refractivity contribution < 1.29 is 18.3 Å². The van der Waals surface area contributed by atoms with E-state index in [-0.39, 0.29) is 18.0 Å². The zero-order valence-corrected chi connectivity index (χ0v) is 12.0. The van der Waals surface area contributed by atoms with Crippen molar-refractivity contribution in [2.24, 2.45) is 0 Å². The van der Waals surface area contributed by atoms with Gasteiger partial charge in [-0.3, -0.25) is 4.79 Å². The van der Waals surface area contributed by atoms with Crippen molar-refractivity contribution in [3.8, 4) is 0 Å². The molecule has 0 spiro atoms. The van der Waals surface area contributed by atoms with Crippen LogP contribution in [0.2, 0.25) is 0 Å². The van der Waals surface area contributed by atoms with Gasteiger partial charge in [-0.15, -0.1) is 5.10 Å². The topological polar surface area (TPSA) is 114 Å². The van der Waals surface area contributed by atoms with Crippen molar-refractivity contribution in [1.29, 1.82) is 0 Å². The van der Waals surface area contributed by atoms with Gasteiger partial charge in [0, 0.05) is 6.26 Å². The third kappa shape index (κ3) is 4.02. The number of carboxylic acid groups (broad SMARTS) is 1. The molecule has 0 saturated carbocycles. The summed E-state index contributed by atoms with van der Waals surface area (Å²) in [6.07, 6.45) is 2.63. The van der Waals surface area contributed by atoms with Crippen LogP contribution in [0.3, 0.4) is 0 Å². The first-order chi connectivity index (χ1) is 9.86. The number of aliphatic carboxylic acids is 1. The number of sulfone groups is 1. The zero-order valence-electron chi connectivity index (χ0n) is 11.2. The van der Waals surface area contributed by atoms with Crippen LogP contribution in [0.5, 0.6) is 0 Å². The van der Waals surface area contributed by atoms with E-state index in [1.165, 1.54) is 16.9 Å². The Morgan fingerprint density at radius 3 is 2.76 bits per heavy atom. The number of hydrogen-bond donors (Lipinski definition) is 2. The Labute approximate surface area is 121 Å². The van der Waals surface area contributed by atoms with Gasteiger partial charge < -0.3 is 10.4 Å². The normalized spacial score (nSPS) is 11.3. The minimum absolute atomic E-state index is 0.197. The van der Waals surface area contributed by atoms with E-state index in [2.05, 4.69) is 15.6 Å². The minimum atomic E-state index is -3.33. The first kappa shape index (κ1) is 15.0. The lowest BCUT2D eigenvalue weighted by Gasteiger charge is -2.09. The zero-order chi connectivity index (χ0) is 15.5. The van der Waals surface area contributed by atoms with Gasteiger partial charge in [-0.05, 0) is 12.1 Å². The molecule has 0 bridgehead atoms. The average Bonchev–Trinajstić information content (AvgIpc) is 2.82. The van der Waals surface area contributed by atoms with Crippen LogP contribution in [-0.2, 0) is 27.7 Å². The van der Waals surface area contributed by atoms with Crippen molar-refractivity contribution in [2.75, 3.05) is 11.6 Å². The molecule has 0 radical (unpaired) electrons. The maximum absolute atomic E-state index is 11.7. The number of nitrogens with zero attached hydrogens (tertiary/aromatic N) is 3. The first-order valence-corrected chi connectivity index (χ1v) is 7.89. The number of aromatic nitrogens is 3. The van der Waals surface area contributed by atoms with E-state index in [1.807, 2.05) is 0 Å². The maximum atomic E-state index is 11.7. The Hall–Kier alpha value is -2.42. The van der Waals surface area contributed by atoms with E-state index in [9.17, 15) is 13.2 Å². The maximum Gasteiger partial charge on any atom is 0.325 e. The van der Waals surface area contributed by atoms with Gasteiger partial charge in [-0.2, -0.15) is 0 Å². The lowest BCUT2D eigenvalue weighted by molar-refractivity contribution is -0.137. The molecular weight excluding hydrogens is 296 g/mol. The van der Waals surface area contributed by atoms with Gasteiger partial charge >= 0.3 is 5.97 Å². The predicted molar refractivity (Wildman–Crippen MR) is 74.5 cm³/mol. The van der Waals surface area contributed by atoms with Gasteiger partial charge in [0.25, 0.3) is 0 Å². The fourth-order valence-electron chi connectivity index (χ4n) is 1.76. The molecule has 9 heteroatoms. The van der Waals surface area contributed by atoms with E-state index in [0.29, 0.717) is 11.4 Å². The average molecular weight is 310 g/mol. The molecule has 112 valence electrons. The number of nitrogens with one attached hydrogen (secondary N) is 1. The van der Waals surface area contributed by atoms with Crippen LogP contribution in [0.25, 0.3) is 0 Å². The second-order valence-corrected chi connectivity index (χ2v) is 6.41. The van der Waals surface area contributed by atoms with Gasteiger partial charge in [0.05, 0.1) is 23.3 Å². The van der Waals surface area contributed by atoms with Crippen molar-refractivity contribution in [3.05, 3.63) is 36.2 Å². The van der Waals surface area contributed by atoms with Crippen LogP contribution < -0.4 is 5.32 Å². The van der Waals surface area contributed by atoms with Crippen molar-refractivity contribution in [2.45, 2.75) is 18.0 Å². The first-order valence-electron chi connectivity index (χ1n) is 6.00. The van der Waals surface area contributed by atoms with Gasteiger partial charge in [-0.1, -0.05) is 17.3 Å². The summed E-state index contributed by atoms with van der Waals surface area (Å²) in [5, 5.41) is 19.1. The third-order valence-corrected chi connectivity index (χ3v) is 3.78. The fourth-order valence-corrected chi connectivity index (χ4v) is 2.62. The van der Waals surface area contributed by atoms with Gasteiger partial charge in [0.1, 0.15) is 12.2 Å². The Morgan fingerprint density at radius 1 is 1.38 bits per heavy atom. The summed E-state index contributed by atoms with van der Waals surface area (Å²) < 4.78 is 24.5. The third-order valence-electron chi connectivity index (χ3n) is 2.63. The fraction of sp³-hybridized carbons (Fsp3) is 0.250. The van der Waals surface area contributed by atoms with Crippen molar-refractivity contribution in [3.63, 3.8) is 0 Å². The molecule has 1 aromatic carbocycles. The van der Waals surface area contributed by atoms with Crippen LogP contribution in [0.15, 0.2) is 35.4 Å². The molecule has 2 rings (SSSR count). The smallest absolute Gasteiger partial charge is 0.325 e. The van der Waals surface area contributed by atoms with E-state index in [0.717, 1.165) is 6.26 Å². The summed E-state index contributed by atoms with van der Waals surface area (Å²) in [6.45, 7) is -0.0287. The second kappa shape index (κ2) is 5.92. The highest BCUT2D eigenvalue weighted by Crippen LogP contribution is 2.20. The standard InChI is InChI=1S/C12H14N4O4S/c1-21(19,20)11-5-3-2-4-10(11)13-6-9-7-16(15-14-9)8-12(17)18/h2-5,7,13H,6,8H2,1H3,(H,17,18). The van der Waals surface area contributed by atoms with Gasteiger partial charge in [0.15, 0.2) is 9.84 Å². The molecule has 0 aliphatic rings. The van der Waals surface area contributed by atoms with E-state index < -0.39 is 15.8 Å². The van der Waals surface area contributed by atoms with Crippen LogP contribution >= 0.6 is 0 Å². The number of benzene rings is 1. The molecule has 2 N–H and O–H groups in total. The van der Waals surface area contributed by atoms with Gasteiger partial charge in [0.2, 0.25) is 0 Å². The van der Waals surface area contributed by atoms with Crippen LogP contribution in [-0.4, -0.2) is 40.7 Å². The second-order valence-electron chi connectivity index (χ2n) is 4.42. The summed E-state index contributed by atoms with van der Waals surface area (Å²) >= 11 is 0. The molecule has 0 fully saturated rings. The highest BCUT2D eigenvalue weighted by atomic mass is 32.2. The highest BCUT2D eigenvalue weighted by Gasteiger charge is 2.12. The summed E-state index contributed by atoms with van der Waals surface area (Å²) in [6, 6.07) is 6.53. The number of carbonyl (C=O) groups is 1. The SMILES string of the molecule is CS(=O)(=O)c1ccccc1NCc1cn(CC(=O)O)nn1. The summed E-state index contributed by atoms with van der Waals surface area (Å²) in [7, 11) is -3.33. The van der Waals surface area contributed by atoms with Crippen molar-refractivity contribution in [1.82, 2.24) is 15.0 Å². The molecule has 1 heterocycles. The van der Waals surface area contributed by atoms with E-state index in [1.54, 1.807) is 18.2 Å². The summed E-state index contributed by atoms with van der Waals surface area (Å²) in [5.74, 6) is -1.01. The summed E-state index contributed by atoms with van der Waals surface area (Å²) in [4.78, 5) is 10.7. The number of anilines is 1. The molecule has 0 amide bonds. The van der Waals surface area contributed by atoms with Crippen LogP contribution in [0.4, 0.5) is 5.69 Å². The lowest BCUT2D eigenvalue weighted by Crippen LogP contribution is -2.09. The van der Waals surface area contributed by atoms with Gasteiger partial charge in [-0.25, -0.2) is 13.1 Å². The Bertz CT molecular complexity index is 754.